The fourth-order valence-electron chi connectivity index (χ4n) is 2.54. The van der Waals surface area contributed by atoms with Gasteiger partial charge in [0, 0.05) is 24.7 Å². The van der Waals surface area contributed by atoms with Crippen molar-refractivity contribution >= 4 is 40.0 Å². The summed E-state index contributed by atoms with van der Waals surface area (Å²) in [7, 11) is 0. The molecule has 1 fully saturated rings. The Hall–Kier alpha value is -2.03. The molecule has 0 bridgehead atoms. The van der Waals surface area contributed by atoms with Crippen molar-refractivity contribution in [2.24, 2.45) is 5.10 Å². The molecule has 0 radical (unpaired) electrons. The summed E-state index contributed by atoms with van der Waals surface area (Å²) in [5, 5.41) is 8.90. The summed E-state index contributed by atoms with van der Waals surface area (Å²) in [5.74, 6) is 0. The average molecular weight is 390 g/mol. The minimum atomic E-state index is 0.265. The molecule has 138 valence electrons. The van der Waals surface area contributed by atoms with Crippen molar-refractivity contribution in [1.82, 2.24) is 15.7 Å². The van der Waals surface area contributed by atoms with Crippen molar-refractivity contribution in [2.45, 2.75) is 19.9 Å². The Morgan fingerprint density at radius 1 is 1.31 bits per heavy atom. The highest BCUT2D eigenvalue weighted by Crippen LogP contribution is 2.32. The van der Waals surface area contributed by atoms with Crippen LogP contribution in [0.3, 0.4) is 0 Å². The number of anilines is 1. The molecule has 1 aliphatic heterocycles. The molecule has 1 saturated heterocycles. The molecule has 1 aromatic carbocycles. The summed E-state index contributed by atoms with van der Waals surface area (Å²) >= 11 is 6.84. The van der Waals surface area contributed by atoms with Crippen molar-refractivity contribution in [3.8, 4) is 11.3 Å². The maximum Gasteiger partial charge on any atom is 0.187 e. The topological polar surface area (TPSA) is 61.8 Å². The number of rotatable bonds is 5. The third-order valence-corrected chi connectivity index (χ3v) is 5.00. The first-order valence-corrected chi connectivity index (χ1v) is 9.84. The summed E-state index contributed by atoms with van der Waals surface area (Å²) in [6.07, 6.45) is 1.79. The first kappa shape index (κ1) is 18.8. The largest absolute Gasteiger partial charge is 0.378 e. The molecule has 6 nitrogen and oxygen atoms in total. The summed E-state index contributed by atoms with van der Waals surface area (Å²) in [4.78, 5) is 8.13. The van der Waals surface area contributed by atoms with E-state index in [1.807, 2.05) is 32.0 Å². The third kappa shape index (κ3) is 5.00. The number of hydrazone groups is 1. The molecule has 2 heterocycles. The van der Waals surface area contributed by atoms with Gasteiger partial charge >= 0.3 is 0 Å². The van der Waals surface area contributed by atoms with Crippen molar-refractivity contribution in [3.05, 3.63) is 35.2 Å². The lowest BCUT2D eigenvalue weighted by Gasteiger charge is -2.26. The Labute approximate surface area is 163 Å². The first-order valence-electron chi connectivity index (χ1n) is 8.62. The first-order chi connectivity index (χ1) is 12.6. The normalized spacial score (nSPS) is 14.8. The van der Waals surface area contributed by atoms with Gasteiger partial charge in [-0.15, -0.1) is 0 Å². The Morgan fingerprint density at radius 2 is 2.04 bits per heavy atom. The molecule has 2 aromatic rings. The number of nitrogens with one attached hydrogen (secondary N) is 2. The van der Waals surface area contributed by atoms with Gasteiger partial charge < -0.3 is 15.0 Å². The number of nitrogens with zero attached hydrogens (tertiary/aromatic N) is 3. The molecule has 0 spiro atoms. The Morgan fingerprint density at radius 3 is 2.73 bits per heavy atom. The second kappa shape index (κ2) is 9.07. The van der Waals surface area contributed by atoms with E-state index in [9.17, 15) is 0 Å². The molecule has 0 atom stereocenters. The molecule has 8 heteroatoms. The zero-order valence-corrected chi connectivity index (χ0v) is 16.6. The SMILES string of the molecule is CC(C)NC(=S)NN=Cc1sc(N2CCOCC2)nc1-c1ccccc1. The molecule has 26 heavy (non-hydrogen) atoms. The van der Waals surface area contributed by atoms with Crippen LogP contribution < -0.4 is 15.6 Å². The average Bonchev–Trinajstić information content (AvgIpc) is 3.07. The van der Waals surface area contributed by atoms with Gasteiger partial charge in [0.05, 0.1) is 30.0 Å². The summed E-state index contributed by atoms with van der Waals surface area (Å²) in [6, 6.07) is 10.4. The third-order valence-electron chi connectivity index (χ3n) is 3.74. The van der Waals surface area contributed by atoms with E-state index in [0.29, 0.717) is 5.11 Å². The Balaban J connectivity index is 1.82. The van der Waals surface area contributed by atoms with Gasteiger partial charge in [0.25, 0.3) is 0 Å². The maximum absolute atomic E-state index is 5.44. The number of thiocarbonyl (C=S) groups is 1. The minimum absolute atomic E-state index is 0.265. The molecule has 0 aliphatic carbocycles. The van der Waals surface area contributed by atoms with E-state index in [1.54, 1.807) is 17.6 Å². The zero-order valence-electron chi connectivity index (χ0n) is 14.9. The van der Waals surface area contributed by atoms with Crippen LogP contribution in [0.5, 0.6) is 0 Å². The van der Waals surface area contributed by atoms with Crippen LogP contribution in [0.25, 0.3) is 11.3 Å². The van der Waals surface area contributed by atoms with Gasteiger partial charge in [-0.2, -0.15) is 5.10 Å². The highest BCUT2D eigenvalue weighted by Gasteiger charge is 2.18. The monoisotopic (exact) mass is 389 g/mol. The van der Waals surface area contributed by atoms with Crippen molar-refractivity contribution < 1.29 is 4.74 Å². The molecule has 3 rings (SSSR count). The van der Waals surface area contributed by atoms with E-state index in [0.717, 1.165) is 47.6 Å². The van der Waals surface area contributed by atoms with E-state index >= 15 is 0 Å². The zero-order chi connectivity index (χ0) is 18.4. The van der Waals surface area contributed by atoms with Crippen LogP contribution in [-0.4, -0.2) is 48.7 Å². The standard InChI is InChI=1S/C18H23N5OS2/c1-13(2)20-17(25)22-19-12-15-16(14-6-4-3-5-7-14)21-18(26-15)23-8-10-24-11-9-23/h3-7,12-13H,8-11H2,1-2H3,(H2,20,22,25). The van der Waals surface area contributed by atoms with Crippen LogP contribution in [0, 0.1) is 0 Å². The molecule has 1 aromatic heterocycles. The van der Waals surface area contributed by atoms with Gasteiger partial charge in [0.1, 0.15) is 0 Å². The lowest BCUT2D eigenvalue weighted by molar-refractivity contribution is 0.122. The fourth-order valence-corrected chi connectivity index (χ4v) is 3.84. The number of benzene rings is 1. The van der Waals surface area contributed by atoms with Crippen LogP contribution in [0.4, 0.5) is 5.13 Å². The van der Waals surface area contributed by atoms with E-state index < -0.39 is 0 Å². The van der Waals surface area contributed by atoms with E-state index in [2.05, 4.69) is 32.9 Å². The van der Waals surface area contributed by atoms with Gasteiger partial charge in [0.2, 0.25) is 0 Å². The Kier molecular flexibility index (Phi) is 6.54. The summed E-state index contributed by atoms with van der Waals surface area (Å²) < 4.78 is 5.44. The van der Waals surface area contributed by atoms with Crippen LogP contribution >= 0.6 is 23.6 Å². The molecular weight excluding hydrogens is 366 g/mol. The van der Waals surface area contributed by atoms with Gasteiger partial charge in [0.15, 0.2) is 10.2 Å². The quantitative estimate of drug-likeness (QED) is 0.466. The van der Waals surface area contributed by atoms with Gasteiger partial charge in [-0.05, 0) is 26.1 Å². The predicted molar refractivity (Wildman–Crippen MR) is 112 cm³/mol. The van der Waals surface area contributed by atoms with Crippen molar-refractivity contribution in [3.63, 3.8) is 0 Å². The van der Waals surface area contributed by atoms with E-state index in [1.165, 1.54) is 0 Å². The lowest BCUT2D eigenvalue weighted by Crippen LogP contribution is -2.36. The smallest absolute Gasteiger partial charge is 0.187 e. The Bertz CT molecular complexity index is 754. The molecule has 0 unspecified atom stereocenters. The maximum atomic E-state index is 5.44. The molecule has 1 aliphatic rings. The highest BCUT2D eigenvalue weighted by molar-refractivity contribution is 7.80. The van der Waals surface area contributed by atoms with Gasteiger partial charge in [-0.1, -0.05) is 41.7 Å². The number of aromatic nitrogens is 1. The number of hydrogen-bond donors (Lipinski definition) is 2. The summed E-state index contributed by atoms with van der Waals surface area (Å²) in [5.41, 5.74) is 4.88. The second-order valence-electron chi connectivity index (χ2n) is 6.17. The van der Waals surface area contributed by atoms with Crippen molar-refractivity contribution in [2.75, 3.05) is 31.2 Å². The van der Waals surface area contributed by atoms with Crippen LogP contribution in [-0.2, 0) is 4.74 Å². The number of hydrogen-bond acceptors (Lipinski definition) is 6. The summed E-state index contributed by atoms with van der Waals surface area (Å²) in [6.45, 7) is 7.25. The van der Waals surface area contributed by atoms with Crippen LogP contribution in [0.15, 0.2) is 35.4 Å². The molecule has 0 amide bonds. The number of ether oxygens (including phenoxy) is 1. The van der Waals surface area contributed by atoms with Gasteiger partial charge in [-0.25, -0.2) is 4.98 Å². The molecule has 0 saturated carbocycles. The molecular formula is C18H23N5OS2. The number of morpholine rings is 1. The van der Waals surface area contributed by atoms with Gasteiger partial charge in [-0.3, -0.25) is 5.43 Å². The van der Waals surface area contributed by atoms with E-state index in [4.69, 9.17) is 21.9 Å². The lowest BCUT2D eigenvalue weighted by atomic mass is 10.1. The van der Waals surface area contributed by atoms with Crippen LogP contribution in [0.2, 0.25) is 0 Å². The predicted octanol–water partition coefficient (Wildman–Crippen LogP) is 2.85. The molecule has 2 N–H and O–H groups in total. The fraction of sp³-hybridized carbons (Fsp3) is 0.389. The van der Waals surface area contributed by atoms with E-state index in [-0.39, 0.29) is 6.04 Å². The number of thiazole rings is 1. The second-order valence-corrected chi connectivity index (χ2v) is 7.59. The minimum Gasteiger partial charge on any atom is -0.378 e. The van der Waals surface area contributed by atoms with Crippen LogP contribution in [0.1, 0.15) is 18.7 Å². The van der Waals surface area contributed by atoms with Crippen molar-refractivity contribution in [1.29, 1.82) is 0 Å². The highest BCUT2D eigenvalue weighted by atomic mass is 32.1.